The van der Waals surface area contributed by atoms with Crippen molar-refractivity contribution < 1.29 is 13.2 Å². The van der Waals surface area contributed by atoms with Gasteiger partial charge in [-0.2, -0.15) is 18.2 Å². The molecule has 1 saturated heterocycles. The molecule has 9 heteroatoms. The van der Waals surface area contributed by atoms with E-state index in [4.69, 9.17) is 0 Å². The second kappa shape index (κ2) is 8.30. The van der Waals surface area contributed by atoms with Crippen LogP contribution in [0.2, 0.25) is 0 Å². The number of aromatic nitrogens is 3. The topological polar surface area (TPSA) is 57.2 Å². The van der Waals surface area contributed by atoms with Gasteiger partial charge in [-0.25, -0.2) is 4.98 Å². The number of hydrogen-bond donors (Lipinski definition) is 1. The molecule has 28 heavy (non-hydrogen) atoms. The Balaban J connectivity index is 1.65. The van der Waals surface area contributed by atoms with Crippen LogP contribution in [-0.4, -0.2) is 53.1 Å². The molecule has 0 radical (unpaired) electrons. The molecule has 1 N–H and O–H groups in total. The molecular weight excluding hydrogens is 369 g/mol. The second-order valence-corrected chi connectivity index (χ2v) is 7.24. The number of piperidine rings is 1. The fourth-order valence-corrected chi connectivity index (χ4v) is 3.34. The summed E-state index contributed by atoms with van der Waals surface area (Å²) >= 11 is 0. The maximum atomic E-state index is 13.1. The van der Waals surface area contributed by atoms with Gasteiger partial charge in [0.15, 0.2) is 5.69 Å². The molecule has 0 aliphatic carbocycles. The largest absolute Gasteiger partial charge is 0.433 e. The number of likely N-dealkylation sites (tertiary alicyclic amines) is 1. The van der Waals surface area contributed by atoms with E-state index in [2.05, 4.69) is 32.1 Å². The van der Waals surface area contributed by atoms with Crippen LogP contribution in [0.3, 0.4) is 0 Å². The van der Waals surface area contributed by atoms with Gasteiger partial charge in [0, 0.05) is 57.7 Å². The molecule has 0 saturated carbocycles. The average Bonchev–Trinajstić information content (AvgIpc) is 2.68. The SMILES string of the molecule is CC(c1ccncc1)N1CCC(Nc2nc(N(C)C)cc(C(F)(F)F)n2)CC1. The maximum absolute atomic E-state index is 13.1. The van der Waals surface area contributed by atoms with Crippen LogP contribution in [0.1, 0.15) is 37.1 Å². The third kappa shape index (κ3) is 4.89. The van der Waals surface area contributed by atoms with Crippen LogP contribution >= 0.6 is 0 Å². The van der Waals surface area contributed by atoms with Gasteiger partial charge in [-0.15, -0.1) is 0 Å². The molecule has 0 spiro atoms. The molecule has 6 nitrogen and oxygen atoms in total. The van der Waals surface area contributed by atoms with Gasteiger partial charge in [0.1, 0.15) is 5.82 Å². The first-order valence-corrected chi connectivity index (χ1v) is 9.28. The fourth-order valence-electron chi connectivity index (χ4n) is 3.34. The lowest BCUT2D eigenvalue weighted by Crippen LogP contribution is -2.40. The quantitative estimate of drug-likeness (QED) is 0.836. The van der Waals surface area contributed by atoms with Crippen molar-refractivity contribution in [1.29, 1.82) is 0 Å². The third-order valence-corrected chi connectivity index (χ3v) is 5.06. The highest BCUT2D eigenvalue weighted by atomic mass is 19.4. The normalized spacial score (nSPS) is 17.4. The van der Waals surface area contributed by atoms with Gasteiger partial charge in [-0.3, -0.25) is 9.88 Å². The van der Waals surface area contributed by atoms with Crippen LogP contribution in [0.5, 0.6) is 0 Å². The number of anilines is 2. The number of rotatable bonds is 5. The summed E-state index contributed by atoms with van der Waals surface area (Å²) in [6, 6.07) is 5.29. The molecule has 1 aliphatic heterocycles. The summed E-state index contributed by atoms with van der Waals surface area (Å²) in [6.45, 7) is 3.85. The van der Waals surface area contributed by atoms with Crippen LogP contribution < -0.4 is 10.2 Å². The summed E-state index contributed by atoms with van der Waals surface area (Å²) in [7, 11) is 3.32. The summed E-state index contributed by atoms with van der Waals surface area (Å²) < 4.78 is 39.4. The van der Waals surface area contributed by atoms with Crippen molar-refractivity contribution in [1.82, 2.24) is 19.9 Å². The zero-order chi connectivity index (χ0) is 20.3. The maximum Gasteiger partial charge on any atom is 0.433 e. The minimum atomic E-state index is -4.51. The number of nitrogens with one attached hydrogen (secondary N) is 1. The van der Waals surface area contributed by atoms with E-state index in [1.807, 2.05) is 12.1 Å². The van der Waals surface area contributed by atoms with Crippen LogP contribution in [0.15, 0.2) is 30.6 Å². The van der Waals surface area contributed by atoms with Crippen LogP contribution in [0.25, 0.3) is 0 Å². The Morgan fingerprint density at radius 2 is 1.79 bits per heavy atom. The van der Waals surface area contributed by atoms with E-state index < -0.39 is 11.9 Å². The predicted octanol–water partition coefficient (Wildman–Crippen LogP) is 3.59. The monoisotopic (exact) mass is 394 g/mol. The number of alkyl halides is 3. The molecule has 1 aliphatic rings. The van der Waals surface area contributed by atoms with E-state index in [0.717, 1.165) is 32.0 Å². The predicted molar refractivity (Wildman–Crippen MR) is 102 cm³/mol. The third-order valence-electron chi connectivity index (χ3n) is 5.06. The van der Waals surface area contributed by atoms with E-state index in [-0.39, 0.29) is 23.8 Å². The Labute approximate surface area is 162 Å². The molecule has 1 unspecified atom stereocenters. The first-order chi connectivity index (χ1) is 13.2. The average molecular weight is 394 g/mol. The molecule has 2 aromatic rings. The lowest BCUT2D eigenvalue weighted by molar-refractivity contribution is -0.141. The molecular formula is C19H25F3N6. The molecule has 3 rings (SSSR count). The van der Waals surface area contributed by atoms with Crippen LogP contribution in [0.4, 0.5) is 24.9 Å². The van der Waals surface area contributed by atoms with E-state index >= 15 is 0 Å². The first kappa shape index (κ1) is 20.3. The van der Waals surface area contributed by atoms with Crippen LogP contribution in [0, 0.1) is 0 Å². The smallest absolute Gasteiger partial charge is 0.363 e. The van der Waals surface area contributed by atoms with E-state index in [1.54, 1.807) is 31.4 Å². The Kier molecular flexibility index (Phi) is 6.02. The van der Waals surface area contributed by atoms with Crippen molar-refractivity contribution in [2.75, 3.05) is 37.4 Å². The highest BCUT2D eigenvalue weighted by molar-refractivity contribution is 5.44. The van der Waals surface area contributed by atoms with Crippen molar-refractivity contribution in [3.05, 3.63) is 41.9 Å². The van der Waals surface area contributed by atoms with Gasteiger partial charge in [0.2, 0.25) is 5.95 Å². The Bertz CT molecular complexity index is 773. The Morgan fingerprint density at radius 3 is 2.36 bits per heavy atom. The minimum Gasteiger partial charge on any atom is -0.363 e. The van der Waals surface area contributed by atoms with E-state index in [0.29, 0.717) is 0 Å². The zero-order valence-corrected chi connectivity index (χ0v) is 16.2. The zero-order valence-electron chi connectivity index (χ0n) is 16.2. The van der Waals surface area contributed by atoms with Gasteiger partial charge < -0.3 is 10.2 Å². The van der Waals surface area contributed by atoms with Crippen molar-refractivity contribution in [3.8, 4) is 0 Å². The van der Waals surface area contributed by atoms with Crippen molar-refractivity contribution >= 4 is 11.8 Å². The Morgan fingerprint density at radius 1 is 1.14 bits per heavy atom. The van der Waals surface area contributed by atoms with Gasteiger partial charge in [-0.1, -0.05) is 0 Å². The van der Waals surface area contributed by atoms with Crippen molar-refractivity contribution in [2.24, 2.45) is 0 Å². The molecule has 0 amide bonds. The Hall–Kier alpha value is -2.42. The van der Waals surface area contributed by atoms with Crippen molar-refractivity contribution in [2.45, 2.75) is 38.0 Å². The van der Waals surface area contributed by atoms with Crippen LogP contribution in [-0.2, 0) is 6.18 Å². The van der Waals surface area contributed by atoms with Gasteiger partial charge in [0.05, 0.1) is 0 Å². The molecule has 0 bridgehead atoms. The second-order valence-electron chi connectivity index (χ2n) is 7.24. The van der Waals surface area contributed by atoms with E-state index in [1.165, 1.54) is 5.56 Å². The summed E-state index contributed by atoms with van der Waals surface area (Å²) in [4.78, 5) is 15.9. The lowest BCUT2D eigenvalue weighted by Gasteiger charge is -2.36. The lowest BCUT2D eigenvalue weighted by atomic mass is 10.0. The highest BCUT2D eigenvalue weighted by Crippen LogP contribution is 2.31. The highest BCUT2D eigenvalue weighted by Gasteiger charge is 2.34. The standard InChI is InChI=1S/C19H25F3N6/c1-13(14-4-8-23-9-5-14)28-10-6-15(7-11-28)24-18-25-16(19(20,21)22)12-17(26-18)27(2)3/h4-5,8-9,12-13,15H,6-7,10-11H2,1-3H3,(H,24,25,26). The van der Waals surface area contributed by atoms with E-state index in [9.17, 15) is 13.2 Å². The van der Waals surface area contributed by atoms with Gasteiger partial charge in [-0.05, 0) is 37.5 Å². The fraction of sp³-hybridized carbons (Fsp3) is 0.526. The molecule has 0 aromatic carbocycles. The van der Waals surface area contributed by atoms with Gasteiger partial charge >= 0.3 is 6.18 Å². The number of nitrogens with zero attached hydrogens (tertiary/aromatic N) is 5. The molecule has 2 aromatic heterocycles. The summed E-state index contributed by atoms with van der Waals surface area (Å²) in [5.74, 6) is 0.257. The number of halogens is 3. The minimum absolute atomic E-state index is 0.0270. The molecule has 3 heterocycles. The van der Waals surface area contributed by atoms with Crippen molar-refractivity contribution in [3.63, 3.8) is 0 Å². The number of hydrogen-bond acceptors (Lipinski definition) is 6. The van der Waals surface area contributed by atoms with Gasteiger partial charge in [0.25, 0.3) is 0 Å². The summed E-state index contributed by atoms with van der Waals surface area (Å²) in [5, 5.41) is 3.10. The number of pyridine rings is 1. The summed E-state index contributed by atoms with van der Waals surface area (Å²) in [6.07, 6.45) is 0.688. The summed E-state index contributed by atoms with van der Waals surface area (Å²) in [5.41, 5.74) is 0.274. The molecule has 152 valence electrons. The molecule has 1 atom stereocenters. The molecule has 1 fully saturated rings. The first-order valence-electron chi connectivity index (χ1n) is 9.28.